The number of hydrogen-bond donors (Lipinski definition) is 3. The molecule has 27 heavy (non-hydrogen) atoms. The lowest BCUT2D eigenvalue weighted by Crippen LogP contribution is -2.67. The second-order valence-electron chi connectivity index (χ2n) is 10.00. The highest BCUT2D eigenvalue weighted by Gasteiger charge is 2.67. The topological polar surface area (TPSA) is 99.4 Å². The van der Waals surface area contributed by atoms with E-state index in [1.165, 1.54) is 7.11 Å². The maximum atomic E-state index is 12.4. The molecule has 0 aliphatic heterocycles. The summed E-state index contributed by atoms with van der Waals surface area (Å²) in [7, 11) is 1.47. The quantitative estimate of drug-likeness (QED) is 0.370. The van der Waals surface area contributed by atoms with Gasteiger partial charge in [0.1, 0.15) is 5.60 Å². The molecule has 0 bridgehead atoms. The van der Waals surface area contributed by atoms with Gasteiger partial charge in [0.05, 0.1) is 24.8 Å². The van der Waals surface area contributed by atoms with Gasteiger partial charge in [-0.1, -0.05) is 19.0 Å². The third-order valence-corrected chi connectivity index (χ3v) is 9.24. The molecule has 0 aromatic heterocycles. The Morgan fingerprint density at radius 1 is 1.15 bits per heavy atom. The van der Waals surface area contributed by atoms with Gasteiger partial charge < -0.3 is 20.2 Å². The smallest absolute Gasteiger partial charge is 0.309 e. The molecule has 4 aliphatic carbocycles. The molecule has 0 amide bonds. The van der Waals surface area contributed by atoms with Crippen LogP contribution in [0.3, 0.4) is 0 Å². The molecular formula is C21H33NO5. The van der Waals surface area contributed by atoms with E-state index < -0.39 is 17.1 Å². The molecule has 0 radical (unpaired) electrons. The van der Waals surface area contributed by atoms with E-state index in [1.54, 1.807) is 0 Å². The molecular weight excluding hydrogens is 346 g/mol. The fourth-order valence-corrected chi connectivity index (χ4v) is 7.70. The summed E-state index contributed by atoms with van der Waals surface area (Å²) in [6, 6.07) is 0. The number of nitrogens with zero attached hydrogens (tertiary/aromatic N) is 1. The molecule has 152 valence electrons. The monoisotopic (exact) mass is 379 g/mol. The SMILES string of the molecule is COC(=O)[C@H]1CC[C@H]2[C@@H]3C/C(=N\O)[C@@]4(O)C[C@@H](O)CC[C@]4(C)[C@H]3CC[C@]12C. The van der Waals surface area contributed by atoms with E-state index in [1.807, 2.05) is 0 Å². The van der Waals surface area contributed by atoms with Gasteiger partial charge in [-0.3, -0.25) is 4.79 Å². The van der Waals surface area contributed by atoms with Gasteiger partial charge in [0.15, 0.2) is 0 Å². The molecule has 6 heteroatoms. The Morgan fingerprint density at radius 2 is 1.89 bits per heavy atom. The Kier molecular flexibility index (Phi) is 4.39. The highest BCUT2D eigenvalue weighted by atomic mass is 16.5. The average Bonchev–Trinajstić information content (AvgIpc) is 2.99. The lowest BCUT2D eigenvalue weighted by atomic mass is 9.42. The van der Waals surface area contributed by atoms with E-state index in [0.717, 1.165) is 32.1 Å². The Morgan fingerprint density at radius 3 is 2.56 bits per heavy atom. The second kappa shape index (κ2) is 6.18. The molecule has 6 nitrogen and oxygen atoms in total. The predicted octanol–water partition coefficient (Wildman–Crippen LogP) is 2.73. The zero-order valence-corrected chi connectivity index (χ0v) is 16.6. The zero-order valence-electron chi connectivity index (χ0n) is 16.6. The van der Waals surface area contributed by atoms with Gasteiger partial charge in [0, 0.05) is 11.8 Å². The minimum Gasteiger partial charge on any atom is -0.469 e. The number of carbonyl (C=O) groups is 1. The number of fused-ring (bicyclic) bond motifs is 5. The number of rotatable bonds is 1. The van der Waals surface area contributed by atoms with Gasteiger partial charge in [0.2, 0.25) is 0 Å². The summed E-state index contributed by atoms with van der Waals surface area (Å²) >= 11 is 0. The summed E-state index contributed by atoms with van der Waals surface area (Å²) in [5, 5.41) is 35.1. The Labute approximate surface area is 161 Å². The van der Waals surface area contributed by atoms with E-state index in [9.17, 15) is 20.2 Å². The van der Waals surface area contributed by atoms with Crippen molar-refractivity contribution in [1.82, 2.24) is 0 Å². The molecule has 4 rings (SSSR count). The third-order valence-electron chi connectivity index (χ3n) is 9.24. The van der Waals surface area contributed by atoms with Crippen molar-refractivity contribution in [2.75, 3.05) is 7.11 Å². The predicted molar refractivity (Wildman–Crippen MR) is 99.3 cm³/mol. The van der Waals surface area contributed by atoms with Crippen LogP contribution in [0.5, 0.6) is 0 Å². The molecule has 4 fully saturated rings. The molecule has 0 unspecified atom stereocenters. The van der Waals surface area contributed by atoms with Crippen LogP contribution in [0.15, 0.2) is 5.16 Å². The second-order valence-corrected chi connectivity index (χ2v) is 10.00. The summed E-state index contributed by atoms with van der Waals surface area (Å²) in [4.78, 5) is 12.4. The molecule has 4 saturated carbocycles. The normalized spacial score (nSPS) is 53.4. The standard InChI is InChI=1S/C21H33NO5/c1-19-8-7-15-13(14(19)4-5-16(19)18(24)27-3)10-17(22-26)21(25)11-12(23)6-9-20(15,21)2/h12-16,23,25-26H,4-11H2,1-3H3/b22-17+/t12-,13-,14-,15-,16+,19-,20+,21-/m0/s1. The summed E-state index contributed by atoms with van der Waals surface area (Å²) in [5.74, 6) is 0.809. The van der Waals surface area contributed by atoms with Crippen LogP contribution in [-0.4, -0.2) is 45.9 Å². The lowest BCUT2D eigenvalue weighted by Gasteiger charge is -2.63. The average molecular weight is 379 g/mol. The molecule has 3 N–H and O–H groups in total. The van der Waals surface area contributed by atoms with E-state index in [2.05, 4.69) is 19.0 Å². The lowest BCUT2D eigenvalue weighted by molar-refractivity contribution is -0.174. The summed E-state index contributed by atoms with van der Waals surface area (Å²) in [6.45, 7) is 4.35. The van der Waals surface area contributed by atoms with Crippen molar-refractivity contribution < 1.29 is 25.0 Å². The maximum absolute atomic E-state index is 12.4. The molecule has 0 spiro atoms. The first-order valence-corrected chi connectivity index (χ1v) is 10.4. The molecule has 0 aromatic carbocycles. The Bertz CT molecular complexity index is 665. The first-order valence-electron chi connectivity index (χ1n) is 10.4. The van der Waals surface area contributed by atoms with Crippen molar-refractivity contribution >= 4 is 11.7 Å². The number of aliphatic hydroxyl groups excluding tert-OH is 1. The van der Waals surface area contributed by atoms with Crippen LogP contribution in [0.2, 0.25) is 0 Å². The van der Waals surface area contributed by atoms with Crippen molar-refractivity contribution in [2.24, 2.45) is 39.7 Å². The van der Waals surface area contributed by atoms with Crippen LogP contribution < -0.4 is 0 Å². The highest BCUT2D eigenvalue weighted by molar-refractivity contribution is 5.94. The highest BCUT2D eigenvalue weighted by Crippen LogP contribution is 2.67. The van der Waals surface area contributed by atoms with Crippen LogP contribution in [0.1, 0.15) is 65.2 Å². The van der Waals surface area contributed by atoms with Gasteiger partial charge in [0.25, 0.3) is 0 Å². The van der Waals surface area contributed by atoms with Gasteiger partial charge in [-0.25, -0.2) is 0 Å². The summed E-state index contributed by atoms with van der Waals surface area (Å²) < 4.78 is 5.09. The summed E-state index contributed by atoms with van der Waals surface area (Å²) in [6.07, 6.45) is 5.39. The maximum Gasteiger partial charge on any atom is 0.309 e. The molecule has 0 heterocycles. The molecule has 0 aromatic rings. The van der Waals surface area contributed by atoms with Gasteiger partial charge >= 0.3 is 5.97 Å². The van der Waals surface area contributed by atoms with Crippen LogP contribution >= 0.6 is 0 Å². The van der Waals surface area contributed by atoms with Crippen LogP contribution in [-0.2, 0) is 9.53 Å². The fourth-order valence-electron chi connectivity index (χ4n) is 7.70. The third kappa shape index (κ3) is 2.38. The largest absolute Gasteiger partial charge is 0.469 e. The Balaban J connectivity index is 1.72. The van der Waals surface area contributed by atoms with Crippen molar-refractivity contribution in [2.45, 2.75) is 76.9 Å². The van der Waals surface area contributed by atoms with Crippen molar-refractivity contribution in [3.8, 4) is 0 Å². The van der Waals surface area contributed by atoms with E-state index in [4.69, 9.17) is 4.74 Å². The van der Waals surface area contributed by atoms with Gasteiger partial charge in [-0.05, 0) is 68.1 Å². The van der Waals surface area contributed by atoms with E-state index >= 15 is 0 Å². The van der Waals surface area contributed by atoms with Gasteiger partial charge in [-0.15, -0.1) is 0 Å². The van der Waals surface area contributed by atoms with Gasteiger partial charge in [-0.2, -0.15) is 0 Å². The zero-order chi connectivity index (χ0) is 19.6. The van der Waals surface area contributed by atoms with Crippen LogP contribution in [0, 0.1) is 34.5 Å². The van der Waals surface area contributed by atoms with Crippen molar-refractivity contribution in [1.29, 1.82) is 0 Å². The van der Waals surface area contributed by atoms with E-state index in [0.29, 0.717) is 36.3 Å². The Hall–Kier alpha value is -1.14. The number of ether oxygens (including phenoxy) is 1. The number of aliphatic hydroxyl groups is 2. The van der Waals surface area contributed by atoms with Crippen molar-refractivity contribution in [3.05, 3.63) is 0 Å². The first-order chi connectivity index (χ1) is 12.7. The summed E-state index contributed by atoms with van der Waals surface area (Å²) in [5.41, 5.74) is -1.30. The van der Waals surface area contributed by atoms with Crippen molar-refractivity contribution in [3.63, 3.8) is 0 Å². The number of oxime groups is 1. The molecule has 8 atom stereocenters. The molecule has 0 saturated heterocycles. The number of methoxy groups -OCH3 is 1. The van der Waals surface area contributed by atoms with Crippen LogP contribution in [0.25, 0.3) is 0 Å². The fraction of sp³-hybridized carbons (Fsp3) is 0.905. The minimum atomic E-state index is -1.24. The number of hydrogen-bond acceptors (Lipinski definition) is 6. The minimum absolute atomic E-state index is 0.0650. The number of esters is 1. The van der Waals surface area contributed by atoms with Crippen LogP contribution in [0.4, 0.5) is 0 Å². The number of carbonyl (C=O) groups excluding carboxylic acids is 1. The first kappa shape index (κ1) is 19.2. The van der Waals surface area contributed by atoms with E-state index in [-0.39, 0.29) is 23.7 Å². The molecule has 4 aliphatic rings.